The van der Waals surface area contributed by atoms with E-state index in [0.29, 0.717) is 16.9 Å². The molecule has 1 aliphatic rings. The van der Waals surface area contributed by atoms with E-state index in [0.717, 1.165) is 30.9 Å². The molecule has 7 heteroatoms. The van der Waals surface area contributed by atoms with Gasteiger partial charge < -0.3 is 15.0 Å². The fourth-order valence-corrected chi connectivity index (χ4v) is 2.43. The average Bonchev–Trinajstić information content (AvgIpc) is 2.49. The molecule has 2 aromatic heterocycles. The highest BCUT2D eigenvalue weighted by molar-refractivity contribution is 6.30. The third-order valence-corrected chi connectivity index (χ3v) is 3.58. The summed E-state index contributed by atoms with van der Waals surface area (Å²) < 4.78 is 5.37. The molecule has 110 valence electrons. The van der Waals surface area contributed by atoms with Crippen molar-refractivity contribution in [3.05, 3.63) is 34.7 Å². The summed E-state index contributed by atoms with van der Waals surface area (Å²) in [6.45, 7) is 1.89. The first-order chi connectivity index (χ1) is 10.2. The summed E-state index contributed by atoms with van der Waals surface area (Å²) in [6, 6.07) is 2.05. The number of ether oxygens (including phenoxy) is 1. The summed E-state index contributed by atoms with van der Waals surface area (Å²) in [4.78, 5) is 15.1. The van der Waals surface area contributed by atoms with Crippen molar-refractivity contribution in [1.29, 1.82) is 0 Å². The quantitative estimate of drug-likeness (QED) is 0.938. The van der Waals surface area contributed by atoms with Crippen LogP contribution in [0, 0.1) is 0 Å². The van der Waals surface area contributed by atoms with Gasteiger partial charge in [0.25, 0.3) is 0 Å². The molecule has 3 rings (SSSR count). The van der Waals surface area contributed by atoms with Crippen LogP contribution in [0.4, 0.5) is 11.6 Å². The van der Waals surface area contributed by atoms with Crippen molar-refractivity contribution in [3.8, 4) is 5.88 Å². The first-order valence-electron chi connectivity index (χ1n) is 6.65. The Hall–Kier alpha value is -1.92. The molecule has 0 saturated heterocycles. The molecule has 1 N–H and O–H groups in total. The molecular weight excluding hydrogens is 290 g/mol. The topological polar surface area (TPSA) is 63.2 Å². The Kier molecular flexibility index (Phi) is 3.90. The molecule has 0 atom stereocenters. The molecule has 0 radical (unpaired) electrons. The highest BCUT2D eigenvalue weighted by Crippen LogP contribution is 2.29. The zero-order chi connectivity index (χ0) is 14.8. The van der Waals surface area contributed by atoms with Gasteiger partial charge in [-0.3, -0.25) is 0 Å². The van der Waals surface area contributed by atoms with Gasteiger partial charge in [-0.15, -0.1) is 0 Å². The zero-order valence-electron chi connectivity index (χ0n) is 11.9. The van der Waals surface area contributed by atoms with Gasteiger partial charge in [0, 0.05) is 19.5 Å². The van der Waals surface area contributed by atoms with Gasteiger partial charge in [0.2, 0.25) is 11.8 Å². The first-order valence-corrected chi connectivity index (χ1v) is 7.03. The van der Waals surface area contributed by atoms with Gasteiger partial charge in [-0.25, -0.2) is 15.0 Å². The molecule has 0 bridgehead atoms. The summed E-state index contributed by atoms with van der Waals surface area (Å²) in [5.41, 5.74) is 3.04. The first kappa shape index (κ1) is 14.0. The number of nitrogens with zero attached hydrogens (tertiary/aromatic N) is 4. The molecule has 0 unspecified atom stereocenters. The molecule has 2 aromatic rings. The number of methoxy groups -OCH3 is 1. The molecule has 0 fully saturated rings. The smallest absolute Gasteiger partial charge is 0.237 e. The number of pyridine rings is 1. The fourth-order valence-electron chi connectivity index (χ4n) is 2.34. The van der Waals surface area contributed by atoms with Crippen molar-refractivity contribution in [2.24, 2.45) is 0 Å². The molecule has 1 aliphatic heterocycles. The maximum Gasteiger partial charge on any atom is 0.237 e. The van der Waals surface area contributed by atoms with Gasteiger partial charge >= 0.3 is 0 Å². The van der Waals surface area contributed by atoms with Gasteiger partial charge in [0.15, 0.2) is 0 Å². The van der Waals surface area contributed by atoms with Crippen LogP contribution in [0.1, 0.15) is 11.3 Å². The maximum atomic E-state index is 5.79. The van der Waals surface area contributed by atoms with Crippen LogP contribution >= 0.6 is 11.6 Å². The van der Waals surface area contributed by atoms with E-state index >= 15 is 0 Å². The van der Waals surface area contributed by atoms with Crippen LogP contribution in [-0.4, -0.2) is 40.6 Å². The summed E-state index contributed by atoms with van der Waals surface area (Å²) in [7, 11) is 3.71. The van der Waals surface area contributed by atoms with Gasteiger partial charge in [0.05, 0.1) is 30.2 Å². The number of likely N-dealkylation sites (N-methyl/N-ethyl adjacent to an activating group) is 1. The highest BCUT2D eigenvalue weighted by atomic mass is 35.5. The second-order valence-corrected chi connectivity index (χ2v) is 5.43. The predicted molar refractivity (Wildman–Crippen MR) is 81.2 cm³/mol. The summed E-state index contributed by atoms with van der Waals surface area (Å²) in [6.07, 6.45) is 4.02. The monoisotopic (exact) mass is 305 g/mol. The minimum Gasteiger partial charge on any atom is -0.480 e. The van der Waals surface area contributed by atoms with E-state index in [1.54, 1.807) is 19.5 Å². The van der Waals surface area contributed by atoms with Crippen LogP contribution in [0.3, 0.4) is 0 Å². The van der Waals surface area contributed by atoms with Gasteiger partial charge in [0.1, 0.15) is 5.69 Å². The van der Waals surface area contributed by atoms with Crippen LogP contribution in [0.15, 0.2) is 18.5 Å². The molecule has 0 aromatic carbocycles. The lowest BCUT2D eigenvalue weighted by Crippen LogP contribution is -2.27. The van der Waals surface area contributed by atoms with Crippen LogP contribution in [-0.2, 0) is 13.0 Å². The number of hydrogen-bond acceptors (Lipinski definition) is 6. The van der Waals surface area contributed by atoms with E-state index < -0.39 is 0 Å². The van der Waals surface area contributed by atoms with Crippen molar-refractivity contribution in [3.63, 3.8) is 0 Å². The Morgan fingerprint density at radius 1 is 1.33 bits per heavy atom. The Labute approximate surface area is 128 Å². The van der Waals surface area contributed by atoms with Crippen LogP contribution in [0.5, 0.6) is 5.88 Å². The third kappa shape index (κ3) is 3.06. The third-order valence-electron chi connectivity index (χ3n) is 3.39. The van der Waals surface area contributed by atoms with Crippen LogP contribution < -0.4 is 10.1 Å². The lowest BCUT2D eigenvalue weighted by atomic mass is 10.1. The largest absolute Gasteiger partial charge is 0.480 e. The van der Waals surface area contributed by atoms with Crippen LogP contribution in [0.2, 0.25) is 5.02 Å². The van der Waals surface area contributed by atoms with Crippen molar-refractivity contribution in [2.45, 2.75) is 13.0 Å². The van der Waals surface area contributed by atoms with Crippen molar-refractivity contribution < 1.29 is 4.74 Å². The van der Waals surface area contributed by atoms with E-state index in [1.165, 1.54) is 5.56 Å². The fraction of sp³-hybridized carbons (Fsp3) is 0.357. The molecule has 3 heterocycles. The minimum absolute atomic E-state index is 0.462. The van der Waals surface area contributed by atoms with E-state index in [1.807, 2.05) is 0 Å². The number of rotatable bonds is 3. The molecule has 0 amide bonds. The van der Waals surface area contributed by atoms with E-state index in [4.69, 9.17) is 16.3 Å². The SMILES string of the molecule is COc1nc2c(cc1Nc1ncc(Cl)cn1)CN(C)CC2. The second-order valence-electron chi connectivity index (χ2n) is 4.99. The maximum absolute atomic E-state index is 5.79. The standard InChI is InChI=1S/C14H16ClN5O/c1-20-4-3-11-9(8-20)5-12(13(18-11)21-2)19-14-16-6-10(15)7-17-14/h5-7H,3-4,8H2,1-2H3,(H,16,17,19). The minimum atomic E-state index is 0.462. The van der Waals surface area contributed by atoms with Gasteiger partial charge in [-0.05, 0) is 18.7 Å². The lowest BCUT2D eigenvalue weighted by Gasteiger charge is -2.25. The Bertz CT molecular complexity index is 647. The number of nitrogens with one attached hydrogen (secondary N) is 1. The van der Waals surface area contributed by atoms with Crippen molar-refractivity contribution in [2.75, 3.05) is 26.0 Å². The number of anilines is 2. The molecule has 0 spiro atoms. The molecule has 0 aliphatic carbocycles. The van der Waals surface area contributed by atoms with E-state index in [9.17, 15) is 0 Å². The van der Waals surface area contributed by atoms with Crippen molar-refractivity contribution in [1.82, 2.24) is 19.9 Å². The average molecular weight is 306 g/mol. The Morgan fingerprint density at radius 2 is 2.10 bits per heavy atom. The predicted octanol–water partition coefficient (Wildman–Crippen LogP) is 2.27. The Balaban J connectivity index is 1.93. The molecule has 0 saturated carbocycles. The number of halogens is 1. The van der Waals surface area contributed by atoms with Crippen LogP contribution in [0.25, 0.3) is 0 Å². The number of fused-ring (bicyclic) bond motifs is 1. The summed E-state index contributed by atoms with van der Waals surface area (Å²) >= 11 is 5.79. The van der Waals surface area contributed by atoms with Crippen molar-refractivity contribution >= 4 is 23.2 Å². The number of aromatic nitrogens is 3. The van der Waals surface area contributed by atoms with E-state index in [2.05, 4.69) is 38.3 Å². The summed E-state index contributed by atoms with van der Waals surface area (Å²) in [5, 5.41) is 3.63. The molecular formula is C14H16ClN5O. The van der Waals surface area contributed by atoms with Gasteiger partial charge in [-0.2, -0.15) is 0 Å². The highest BCUT2D eigenvalue weighted by Gasteiger charge is 2.18. The Morgan fingerprint density at radius 3 is 2.81 bits per heavy atom. The molecule has 21 heavy (non-hydrogen) atoms. The normalized spacial score (nSPS) is 14.6. The number of hydrogen-bond donors (Lipinski definition) is 1. The summed E-state index contributed by atoms with van der Waals surface area (Å²) in [5.74, 6) is 1.01. The molecule has 6 nitrogen and oxygen atoms in total. The van der Waals surface area contributed by atoms with E-state index in [-0.39, 0.29) is 0 Å². The second kappa shape index (κ2) is 5.83. The lowest BCUT2D eigenvalue weighted by molar-refractivity contribution is 0.307. The van der Waals surface area contributed by atoms with Gasteiger partial charge in [-0.1, -0.05) is 11.6 Å². The zero-order valence-corrected chi connectivity index (χ0v) is 12.7.